The molecule has 0 radical (unpaired) electrons. The number of anilines is 1. The standard InChI is InChI=1S/C18H21FN2O4S/c1-12-4-7-14(11-17(12)26(23,24)20-2)21-18(22)9-6-13-5-8-16(25-3)15(19)10-13/h4-5,7-8,10-11,20H,6,9H2,1-3H3,(H,21,22). The molecule has 2 N–H and O–H groups in total. The molecule has 2 aromatic carbocycles. The van der Waals surface area contributed by atoms with E-state index < -0.39 is 15.8 Å². The summed E-state index contributed by atoms with van der Waals surface area (Å²) in [6.07, 6.45) is 0.480. The summed E-state index contributed by atoms with van der Waals surface area (Å²) in [6.45, 7) is 1.67. The van der Waals surface area contributed by atoms with Gasteiger partial charge < -0.3 is 10.1 Å². The third kappa shape index (κ3) is 4.80. The topological polar surface area (TPSA) is 84.5 Å². The van der Waals surface area contributed by atoms with Crippen molar-refractivity contribution < 1.29 is 22.3 Å². The van der Waals surface area contributed by atoms with E-state index in [0.717, 1.165) is 0 Å². The molecule has 2 aromatic rings. The van der Waals surface area contributed by atoms with Crippen molar-refractivity contribution >= 4 is 21.6 Å². The van der Waals surface area contributed by atoms with Crippen LogP contribution >= 0.6 is 0 Å². The Balaban J connectivity index is 2.04. The number of methoxy groups -OCH3 is 1. The molecule has 0 spiro atoms. The summed E-state index contributed by atoms with van der Waals surface area (Å²) in [7, 11) is -0.897. The SMILES string of the molecule is CNS(=O)(=O)c1cc(NC(=O)CCc2ccc(OC)c(F)c2)ccc1C. The maximum absolute atomic E-state index is 13.7. The predicted molar refractivity (Wildman–Crippen MR) is 97.3 cm³/mol. The zero-order chi connectivity index (χ0) is 19.3. The minimum absolute atomic E-state index is 0.107. The summed E-state index contributed by atoms with van der Waals surface area (Å²) in [5.41, 5.74) is 1.63. The number of hydrogen-bond acceptors (Lipinski definition) is 4. The Morgan fingerprint density at radius 3 is 2.54 bits per heavy atom. The third-order valence-electron chi connectivity index (χ3n) is 3.89. The zero-order valence-corrected chi connectivity index (χ0v) is 15.6. The van der Waals surface area contributed by atoms with Crippen molar-refractivity contribution in [2.75, 3.05) is 19.5 Å². The Bertz CT molecular complexity index is 913. The highest BCUT2D eigenvalue weighted by Gasteiger charge is 2.16. The number of sulfonamides is 1. The summed E-state index contributed by atoms with van der Waals surface area (Å²) >= 11 is 0. The largest absolute Gasteiger partial charge is 0.494 e. The van der Waals surface area contributed by atoms with Crippen molar-refractivity contribution in [3.8, 4) is 5.75 Å². The highest BCUT2D eigenvalue weighted by atomic mass is 32.2. The second-order valence-corrected chi connectivity index (χ2v) is 7.56. The Hall–Kier alpha value is -2.45. The van der Waals surface area contributed by atoms with Crippen LogP contribution in [0.5, 0.6) is 5.75 Å². The van der Waals surface area contributed by atoms with Gasteiger partial charge in [0.1, 0.15) is 0 Å². The molecule has 26 heavy (non-hydrogen) atoms. The van der Waals surface area contributed by atoms with Crippen LogP contribution in [0.15, 0.2) is 41.3 Å². The van der Waals surface area contributed by atoms with Gasteiger partial charge in [-0.2, -0.15) is 0 Å². The van der Waals surface area contributed by atoms with Crippen molar-refractivity contribution in [1.82, 2.24) is 4.72 Å². The molecule has 1 amide bonds. The number of aryl methyl sites for hydroxylation is 2. The molecule has 0 heterocycles. The van der Waals surface area contributed by atoms with Gasteiger partial charge in [-0.3, -0.25) is 4.79 Å². The number of carbonyl (C=O) groups excluding carboxylic acids is 1. The highest BCUT2D eigenvalue weighted by molar-refractivity contribution is 7.89. The molecule has 0 aliphatic heterocycles. The average molecular weight is 380 g/mol. The smallest absolute Gasteiger partial charge is 0.240 e. The molecule has 8 heteroatoms. The van der Waals surface area contributed by atoms with Crippen molar-refractivity contribution in [2.24, 2.45) is 0 Å². The first-order valence-corrected chi connectivity index (χ1v) is 9.41. The summed E-state index contributed by atoms with van der Waals surface area (Å²) in [6, 6.07) is 9.20. The number of amides is 1. The van der Waals surface area contributed by atoms with E-state index in [2.05, 4.69) is 10.0 Å². The zero-order valence-electron chi connectivity index (χ0n) is 14.8. The average Bonchev–Trinajstić information content (AvgIpc) is 2.61. The van der Waals surface area contributed by atoms with Crippen LogP contribution < -0.4 is 14.8 Å². The molecule has 0 saturated carbocycles. The van der Waals surface area contributed by atoms with Crippen LogP contribution in [-0.2, 0) is 21.2 Å². The molecule has 0 bridgehead atoms. The molecule has 0 atom stereocenters. The van der Waals surface area contributed by atoms with Gasteiger partial charge in [-0.25, -0.2) is 17.5 Å². The van der Waals surface area contributed by atoms with Crippen molar-refractivity contribution in [3.63, 3.8) is 0 Å². The molecule has 140 valence electrons. The number of ether oxygens (including phenoxy) is 1. The fraction of sp³-hybridized carbons (Fsp3) is 0.278. The molecule has 0 aliphatic carbocycles. The molecule has 0 saturated heterocycles. The van der Waals surface area contributed by atoms with Crippen molar-refractivity contribution in [1.29, 1.82) is 0 Å². The molecule has 0 unspecified atom stereocenters. The fourth-order valence-corrected chi connectivity index (χ4v) is 3.42. The van der Waals surface area contributed by atoms with Gasteiger partial charge in [0.2, 0.25) is 15.9 Å². The fourth-order valence-electron chi connectivity index (χ4n) is 2.42. The molecule has 0 aliphatic rings. The number of hydrogen-bond donors (Lipinski definition) is 2. The molecular weight excluding hydrogens is 359 g/mol. The van der Waals surface area contributed by atoms with Crippen LogP contribution in [0, 0.1) is 12.7 Å². The minimum Gasteiger partial charge on any atom is -0.494 e. The van der Waals surface area contributed by atoms with Gasteiger partial charge in [-0.05, 0) is 55.8 Å². The summed E-state index contributed by atoms with van der Waals surface area (Å²) in [4.78, 5) is 12.2. The van der Waals surface area contributed by atoms with Gasteiger partial charge in [0.05, 0.1) is 12.0 Å². The van der Waals surface area contributed by atoms with E-state index in [-0.39, 0.29) is 23.0 Å². The first-order chi connectivity index (χ1) is 12.3. The van der Waals surface area contributed by atoms with Crippen LogP contribution in [0.2, 0.25) is 0 Å². The summed E-state index contributed by atoms with van der Waals surface area (Å²) < 4.78 is 44.7. The van der Waals surface area contributed by atoms with Crippen LogP contribution in [0.4, 0.5) is 10.1 Å². The van der Waals surface area contributed by atoms with Crippen molar-refractivity contribution in [2.45, 2.75) is 24.7 Å². The number of rotatable bonds is 7. The van der Waals surface area contributed by atoms with E-state index in [1.165, 1.54) is 32.4 Å². The van der Waals surface area contributed by atoms with Gasteiger partial charge in [-0.15, -0.1) is 0 Å². The lowest BCUT2D eigenvalue weighted by Gasteiger charge is -2.10. The number of halogens is 1. The normalized spacial score (nSPS) is 11.2. The lowest BCUT2D eigenvalue weighted by molar-refractivity contribution is -0.116. The lowest BCUT2D eigenvalue weighted by Crippen LogP contribution is -2.20. The first-order valence-electron chi connectivity index (χ1n) is 7.93. The number of benzene rings is 2. The molecule has 6 nitrogen and oxygen atoms in total. The second-order valence-electron chi connectivity index (χ2n) is 5.70. The minimum atomic E-state index is -3.61. The molecule has 0 fully saturated rings. The summed E-state index contributed by atoms with van der Waals surface area (Å²) in [5, 5.41) is 2.66. The lowest BCUT2D eigenvalue weighted by atomic mass is 10.1. The molecule has 2 rings (SSSR count). The Kier molecular flexibility index (Phi) is 6.33. The Morgan fingerprint density at radius 1 is 1.19 bits per heavy atom. The first kappa shape index (κ1) is 19.9. The summed E-state index contributed by atoms with van der Waals surface area (Å²) in [5.74, 6) is -0.625. The Morgan fingerprint density at radius 2 is 1.92 bits per heavy atom. The van der Waals surface area contributed by atoms with E-state index in [0.29, 0.717) is 23.2 Å². The van der Waals surface area contributed by atoms with Crippen LogP contribution in [-0.4, -0.2) is 28.5 Å². The number of carbonyl (C=O) groups is 1. The van der Waals surface area contributed by atoms with Crippen LogP contribution in [0.1, 0.15) is 17.5 Å². The number of nitrogens with one attached hydrogen (secondary N) is 2. The quantitative estimate of drug-likeness (QED) is 0.773. The third-order valence-corrected chi connectivity index (χ3v) is 5.44. The van der Waals surface area contributed by atoms with Crippen LogP contribution in [0.3, 0.4) is 0 Å². The maximum atomic E-state index is 13.7. The van der Waals surface area contributed by atoms with Gasteiger partial charge in [0.15, 0.2) is 11.6 Å². The molecular formula is C18H21FN2O4S. The van der Waals surface area contributed by atoms with E-state index in [9.17, 15) is 17.6 Å². The van der Waals surface area contributed by atoms with Crippen LogP contribution in [0.25, 0.3) is 0 Å². The highest BCUT2D eigenvalue weighted by Crippen LogP contribution is 2.21. The van der Waals surface area contributed by atoms with Crippen molar-refractivity contribution in [3.05, 3.63) is 53.3 Å². The monoisotopic (exact) mass is 380 g/mol. The molecule has 0 aromatic heterocycles. The van der Waals surface area contributed by atoms with Gasteiger partial charge >= 0.3 is 0 Å². The Labute approximate surface area is 152 Å². The van der Waals surface area contributed by atoms with E-state index in [4.69, 9.17) is 4.74 Å². The van der Waals surface area contributed by atoms with Gasteiger partial charge in [0.25, 0.3) is 0 Å². The van der Waals surface area contributed by atoms with E-state index in [1.807, 2.05) is 0 Å². The predicted octanol–water partition coefficient (Wildman–Crippen LogP) is 2.62. The van der Waals surface area contributed by atoms with Gasteiger partial charge in [0, 0.05) is 12.1 Å². The maximum Gasteiger partial charge on any atom is 0.240 e. The van der Waals surface area contributed by atoms with E-state index in [1.54, 1.807) is 25.1 Å². The van der Waals surface area contributed by atoms with Gasteiger partial charge in [-0.1, -0.05) is 12.1 Å². The second kappa shape index (κ2) is 8.29. The van der Waals surface area contributed by atoms with E-state index >= 15 is 0 Å².